The van der Waals surface area contributed by atoms with Gasteiger partial charge in [-0.15, -0.1) is 0 Å². The molecular formula is C33H40N2O2. The van der Waals surface area contributed by atoms with Crippen molar-refractivity contribution in [1.82, 2.24) is 9.80 Å². The van der Waals surface area contributed by atoms with Gasteiger partial charge in [0.15, 0.2) is 0 Å². The zero-order valence-electron chi connectivity index (χ0n) is 21.9. The molecule has 0 saturated carbocycles. The fraction of sp³-hybridized carbons (Fsp3) is 0.424. The summed E-state index contributed by atoms with van der Waals surface area (Å²) in [7, 11) is 0. The van der Waals surface area contributed by atoms with Crippen LogP contribution in [0.25, 0.3) is 0 Å². The van der Waals surface area contributed by atoms with Gasteiger partial charge in [-0.05, 0) is 85.5 Å². The Kier molecular flexibility index (Phi) is 8.70. The topological polar surface area (TPSA) is 43.8 Å². The van der Waals surface area contributed by atoms with Gasteiger partial charge in [0.2, 0.25) is 0 Å². The molecule has 1 unspecified atom stereocenters. The minimum Gasteiger partial charge on any atom is -0.508 e. The maximum Gasteiger partial charge on any atom is 0.141 e. The minimum absolute atomic E-state index is 0.0217. The minimum atomic E-state index is -0.0217. The molecule has 4 nitrogen and oxygen atoms in total. The van der Waals surface area contributed by atoms with Gasteiger partial charge in [0.05, 0.1) is 5.92 Å². The highest BCUT2D eigenvalue weighted by Crippen LogP contribution is 2.30. The zero-order valence-corrected chi connectivity index (χ0v) is 21.9. The second kappa shape index (κ2) is 12.5. The third-order valence-electron chi connectivity index (χ3n) is 8.27. The Morgan fingerprint density at radius 3 is 2.35 bits per heavy atom. The number of carbonyl (C=O) groups excluding carboxylic acids is 1. The molecule has 0 aliphatic carbocycles. The van der Waals surface area contributed by atoms with Crippen molar-refractivity contribution in [2.24, 2.45) is 5.92 Å². The number of benzene rings is 3. The Labute approximate surface area is 221 Å². The number of nitrogens with zero attached hydrogens (tertiary/aromatic N) is 2. The quantitative estimate of drug-likeness (QED) is 0.384. The van der Waals surface area contributed by atoms with Crippen LogP contribution in [0.3, 0.4) is 0 Å². The van der Waals surface area contributed by atoms with Gasteiger partial charge in [-0.1, -0.05) is 66.7 Å². The van der Waals surface area contributed by atoms with Crippen molar-refractivity contribution in [3.05, 3.63) is 101 Å². The molecule has 0 spiro atoms. The number of phenolic OH excluding ortho intramolecular Hbond substituents is 1. The first kappa shape index (κ1) is 25.7. The van der Waals surface area contributed by atoms with Gasteiger partial charge in [0, 0.05) is 32.6 Å². The maximum atomic E-state index is 13.6. The molecule has 0 aromatic heterocycles. The molecule has 1 atom stereocenters. The van der Waals surface area contributed by atoms with Gasteiger partial charge in [-0.2, -0.15) is 0 Å². The molecular weight excluding hydrogens is 456 g/mol. The van der Waals surface area contributed by atoms with E-state index >= 15 is 0 Å². The van der Waals surface area contributed by atoms with Crippen molar-refractivity contribution >= 4 is 5.78 Å². The Morgan fingerprint density at radius 1 is 0.811 bits per heavy atom. The number of piperidine rings is 1. The predicted molar refractivity (Wildman–Crippen MR) is 150 cm³/mol. The van der Waals surface area contributed by atoms with E-state index in [2.05, 4.69) is 70.5 Å². The van der Waals surface area contributed by atoms with Crippen molar-refractivity contribution < 1.29 is 9.90 Å². The standard InChI is InChI=1S/C33H40N2O2/c36-30-13-6-11-28(22-30)24-34-19-16-26(17-20-34)10-7-15-33(37)32-25-35(23-27-8-2-1-3-9-27)21-18-29-12-4-5-14-31(29)32/h1-6,8-9,11-14,22,26,32,36H,7,10,15-21,23-25H2. The molecule has 194 valence electrons. The first-order valence-corrected chi connectivity index (χ1v) is 14.0. The summed E-state index contributed by atoms with van der Waals surface area (Å²) < 4.78 is 0. The van der Waals surface area contributed by atoms with Crippen LogP contribution in [0.1, 0.15) is 60.3 Å². The third kappa shape index (κ3) is 7.09. The summed E-state index contributed by atoms with van der Waals surface area (Å²) in [5, 5.41) is 9.72. The van der Waals surface area contributed by atoms with Gasteiger partial charge in [0.1, 0.15) is 11.5 Å². The van der Waals surface area contributed by atoms with E-state index in [-0.39, 0.29) is 5.92 Å². The normalized spacial score (nSPS) is 19.3. The molecule has 1 fully saturated rings. The van der Waals surface area contributed by atoms with E-state index < -0.39 is 0 Å². The van der Waals surface area contributed by atoms with E-state index in [0.29, 0.717) is 23.9 Å². The predicted octanol–water partition coefficient (Wildman–Crippen LogP) is 6.19. The fourth-order valence-corrected chi connectivity index (χ4v) is 6.17. The highest BCUT2D eigenvalue weighted by atomic mass is 16.3. The van der Waals surface area contributed by atoms with E-state index in [1.807, 2.05) is 12.1 Å². The summed E-state index contributed by atoms with van der Waals surface area (Å²) in [4.78, 5) is 18.5. The van der Waals surface area contributed by atoms with Crippen LogP contribution < -0.4 is 0 Å². The van der Waals surface area contributed by atoms with Crippen molar-refractivity contribution in [2.45, 2.75) is 57.5 Å². The van der Waals surface area contributed by atoms with E-state index in [4.69, 9.17) is 0 Å². The highest BCUT2D eigenvalue weighted by molar-refractivity contribution is 5.86. The lowest BCUT2D eigenvalue weighted by molar-refractivity contribution is -0.121. The van der Waals surface area contributed by atoms with Crippen LogP contribution in [-0.2, 0) is 24.3 Å². The van der Waals surface area contributed by atoms with Crippen LogP contribution in [0, 0.1) is 5.92 Å². The van der Waals surface area contributed by atoms with Gasteiger partial charge in [-0.3, -0.25) is 14.6 Å². The summed E-state index contributed by atoms with van der Waals surface area (Å²) in [6.45, 7) is 5.81. The first-order valence-electron chi connectivity index (χ1n) is 14.0. The Bertz CT molecular complexity index is 1150. The summed E-state index contributed by atoms with van der Waals surface area (Å²) in [5.41, 5.74) is 5.09. The molecule has 2 aliphatic heterocycles. The van der Waals surface area contributed by atoms with Crippen molar-refractivity contribution in [1.29, 1.82) is 0 Å². The summed E-state index contributed by atoms with van der Waals surface area (Å²) in [6.07, 6.45) is 6.23. The molecule has 37 heavy (non-hydrogen) atoms. The molecule has 5 rings (SSSR count). The van der Waals surface area contributed by atoms with Gasteiger partial charge in [0.25, 0.3) is 0 Å². The van der Waals surface area contributed by atoms with Crippen molar-refractivity contribution in [3.8, 4) is 5.75 Å². The lowest BCUT2D eigenvalue weighted by atomic mass is 9.86. The molecule has 4 heteroatoms. The fourth-order valence-electron chi connectivity index (χ4n) is 6.17. The Hall–Kier alpha value is -2.95. The molecule has 3 aromatic carbocycles. The van der Waals surface area contributed by atoms with E-state index in [1.54, 1.807) is 6.07 Å². The van der Waals surface area contributed by atoms with Crippen molar-refractivity contribution in [3.63, 3.8) is 0 Å². The molecule has 0 bridgehead atoms. The van der Waals surface area contributed by atoms with Crippen LogP contribution >= 0.6 is 0 Å². The Morgan fingerprint density at radius 2 is 1.54 bits per heavy atom. The molecule has 1 saturated heterocycles. The van der Waals surface area contributed by atoms with E-state index in [0.717, 1.165) is 58.5 Å². The lowest BCUT2D eigenvalue weighted by Crippen LogP contribution is -2.33. The van der Waals surface area contributed by atoms with Crippen LogP contribution in [0.4, 0.5) is 0 Å². The number of likely N-dealkylation sites (tertiary alicyclic amines) is 1. The smallest absolute Gasteiger partial charge is 0.141 e. The third-order valence-corrected chi connectivity index (χ3v) is 8.27. The maximum absolute atomic E-state index is 13.6. The summed E-state index contributed by atoms with van der Waals surface area (Å²) in [5.74, 6) is 1.45. The second-order valence-electron chi connectivity index (χ2n) is 11.0. The largest absolute Gasteiger partial charge is 0.508 e. The molecule has 1 N–H and O–H groups in total. The Balaban J connectivity index is 1.12. The van der Waals surface area contributed by atoms with Crippen LogP contribution in [0.15, 0.2) is 78.9 Å². The summed E-state index contributed by atoms with van der Waals surface area (Å²) in [6, 6.07) is 26.8. The van der Waals surface area contributed by atoms with E-state index in [1.165, 1.54) is 35.1 Å². The summed E-state index contributed by atoms with van der Waals surface area (Å²) >= 11 is 0. The molecule has 3 aromatic rings. The number of phenols is 1. The molecule has 2 heterocycles. The van der Waals surface area contributed by atoms with Crippen LogP contribution in [0.5, 0.6) is 5.75 Å². The number of Topliss-reactive ketones (excluding diaryl/α,β-unsaturated/α-hetero) is 1. The second-order valence-corrected chi connectivity index (χ2v) is 11.0. The number of fused-ring (bicyclic) bond motifs is 1. The number of rotatable bonds is 9. The van der Waals surface area contributed by atoms with Crippen LogP contribution in [0.2, 0.25) is 0 Å². The number of ketones is 1. The van der Waals surface area contributed by atoms with Crippen LogP contribution in [-0.4, -0.2) is 46.9 Å². The number of aromatic hydroxyl groups is 1. The van der Waals surface area contributed by atoms with E-state index in [9.17, 15) is 9.90 Å². The van der Waals surface area contributed by atoms with Gasteiger partial charge < -0.3 is 5.11 Å². The van der Waals surface area contributed by atoms with Gasteiger partial charge >= 0.3 is 0 Å². The average Bonchev–Trinajstić information content (AvgIpc) is 3.10. The highest BCUT2D eigenvalue weighted by Gasteiger charge is 2.28. The molecule has 0 radical (unpaired) electrons. The first-order chi connectivity index (χ1) is 18.1. The molecule has 2 aliphatic rings. The SMILES string of the molecule is O=C(CCCC1CCN(Cc2cccc(O)c2)CC1)C1CN(Cc2ccccc2)CCc2ccccc21. The van der Waals surface area contributed by atoms with Gasteiger partial charge in [-0.25, -0.2) is 0 Å². The van der Waals surface area contributed by atoms with Crippen molar-refractivity contribution in [2.75, 3.05) is 26.2 Å². The average molecular weight is 497 g/mol. The molecule has 0 amide bonds. The number of hydrogen-bond acceptors (Lipinski definition) is 4. The number of carbonyl (C=O) groups is 1. The lowest BCUT2D eigenvalue weighted by Gasteiger charge is -2.32. The zero-order chi connectivity index (χ0) is 25.5. The number of hydrogen-bond donors (Lipinski definition) is 1. The monoisotopic (exact) mass is 496 g/mol.